The standard InChI is InChI=1S/C21H24N2O3/c22-20(24)18-12-11-16(13-19(18)23-17-9-5-2-6-10-17)21(25)26-14-15-7-3-1-4-8-15/h1,3-4,7-8,11-13,17,23H,2,5-6,9-10,14H2,(H2,22,24). The average Bonchev–Trinajstić information content (AvgIpc) is 2.67. The number of esters is 1. The largest absolute Gasteiger partial charge is 0.457 e. The molecule has 0 radical (unpaired) electrons. The maximum atomic E-state index is 12.4. The van der Waals surface area contributed by atoms with Crippen molar-refractivity contribution in [3.63, 3.8) is 0 Å². The summed E-state index contributed by atoms with van der Waals surface area (Å²) in [5.41, 5.74) is 7.83. The number of carbonyl (C=O) groups is 2. The summed E-state index contributed by atoms with van der Waals surface area (Å²) < 4.78 is 5.38. The highest BCUT2D eigenvalue weighted by molar-refractivity contribution is 6.01. The van der Waals surface area contributed by atoms with Crippen LogP contribution < -0.4 is 11.1 Å². The first-order valence-electron chi connectivity index (χ1n) is 9.05. The minimum Gasteiger partial charge on any atom is -0.457 e. The number of anilines is 1. The van der Waals surface area contributed by atoms with Crippen LogP contribution in [0, 0.1) is 0 Å². The molecule has 3 N–H and O–H groups in total. The van der Waals surface area contributed by atoms with Crippen molar-refractivity contribution >= 4 is 17.6 Å². The minimum absolute atomic E-state index is 0.211. The van der Waals surface area contributed by atoms with Gasteiger partial charge in [-0.3, -0.25) is 4.79 Å². The number of primary amides is 1. The van der Waals surface area contributed by atoms with E-state index in [1.165, 1.54) is 19.3 Å². The molecule has 0 bridgehead atoms. The zero-order chi connectivity index (χ0) is 18.4. The summed E-state index contributed by atoms with van der Waals surface area (Å²) >= 11 is 0. The Morgan fingerprint density at radius 1 is 1.04 bits per heavy atom. The lowest BCUT2D eigenvalue weighted by molar-refractivity contribution is 0.0472. The van der Waals surface area contributed by atoms with Crippen LogP contribution in [0.5, 0.6) is 0 Å². The highest BCUT2D eigenvalue weighted by atomic mass is 16.5. The van der Waals surface area contributed by atoms with Crippen molar-refractivity contribution in [2.24, 2.45) is 5.73 Å². The first-order chi connectivity index (χ1) is 12.6. The van der Waals surface area contributed by atoms with Crippen molar-refractivity contribution in [2.75, 3.05) is 5.32 Å². The van der Waals surface area contributed by atoms with Crippen LogP contribution in [0.4, 0.5) is 5.69 Å². The van der Waals surface area contributed by atoms with E-state index in [0.29, 0.717) is 22.9 Å². The molecule has 0 saturated heterocycles. The number of rotatable bonds is 6. The molecule has 0 aliphatic heterocycles. The summed E-state index contributed by atoms with van der Waals surface area (Å²) in [5, 5.41) is 3.39. The molecular formula is C21H24N2O3. The Balaban J connectivity index is 1.73. The van der Waals surface area contributed by atoms with Gasteiger partial charge >= 0.3 is 5.97 Å². The van der Waals surface area contributed by atoms with Gasteiger partial charge in [-0.2, -0.15) is 0 Å². The fourth-order valence-corrected chi connectivity index (χ4v) is 3.28. The molecule has 2 aromatic carbocycles. The SMILES string of the molecule is NC(=O)c1ccc(C(=O)OCc2ccccc2)cc1NC1CCCCC1. The van der Waals surface area contributed by atoms with Crippen molar-refractivity contribution in [1.29, 1.82) is 0 Å². The maximum absolute atomic E-state index is 12.4. The Bertz CT molecular complexity index is 768. The van der Waals surface area contributed by atoms with Crippen molar-refractivity contribution in [3.05, 3.63) is 65.2 Å². The van der Waals surface area contributed by atoms with Gasteiger partial charge in [0.1, 0.15) is 6.61 Å². The molecule has 3 rings (SSSR count). The van der Waals surface area contributed by atoms with E-state index >= 15 is 0 Å². The smallest absolute Gasteiger partial charge is 0.338 e. The topological polar surface area (TPSA) is 81.4 Å². The molecule has 2 aromatic rings. The lowest BCUT2D eigenvalue weighted by atomic mass is 9.95. The van der Waals surface area contributed by atoms with Crippen LogP contribution in [0.1, 0.15) is 58.4 Å². The third-order valence-corrected chi connectivity index (χ3v) is 4.70. The number of nitrogens with two attached hydrogens (primary N) is 1. The molecule has 1 aliphatic rings. The highest BCUT2D eigenvalue weighted by Gasteiger charge is 2.18. The lowest BCUT2D eigenvalue weighted by Gasteiger charge is -2.25. The summed E-state index contributed by atoms with van der Waals surface area (Å²) in [4.78, 5) is 24.1. The number of hydrogen-bond donors (Lipinski definition) is 2. The van der Waals surface area contributed by atoms with Gasteiger partial charge in [0.25, 0.3) is 5.91 Å². The van der Waals surface area contributed by atoms with E-state index in [1.54, 1.807) is 18.2 Å². The Morgan fingerprint density at radius 2 is 1.77 bits per heavy atom. The zero-order valence-corrected chi connectivity index (χ0v) is 14.7. The van der Waals surface area contributed by atoms with E-state index in [4.69, 9.17) is 10.5 Å². The summed E-state index contributed by atoms with van der Waals surface area (Å²) in [7, 11) is 0. The van der Waals surface area contributed by atoms with Crippen LogP contribution in [0.2, 0.25) is 0 Å². The van der Waals surface area contributed by atoms with Crippen LogP contribution in [0.3, 0.4) is 0 Å². The second kappa shape index (κ2) is 8.52. The van der Waals surface area contributed by atoms with Crippen molar-refractivity contribution in [1.82, 2.24) is 0 Å². The van der Waals surface area contributed by atoms with Gasteiger partial charge in [0.2, 0.25) is 0 Å². The number of amides is 1. The third-order valence-electron chi connectivity index (χ3n) is 4.70. The van der Waals surface area contributed by atoms with Gasteiger partial charge in [0, 0.05) is 11.7 Å². The van der Waals surface area contributed by atoms with E-state index < -0.39 is 11.9 Å². The first-order valence-corrected chi connectivity index (χ1v) is 9.05. The number of ether oxygens (including phenoxy) is 1. The molecule has 136 valence electrons. The minimum atomic E-state index is -0.507. The molecule has 1 saturated carbocycles. The molecule has 0 atom stereocenters. The second-order valence-electron chi connectivity index (χ2n) is 6.67. The Labute approximate surface area is 153 Å². The lowest BCUT2D eigenvalue weighted by Crippen LogP contribution is -2.25. The fraction of sp³-hybridized carbons (Fsp3) is 0.333. The van der Waals surface area contributed by atoms with Crippen LogP contribution in [0.15, 0.2) is 48.5 Å². The van der Waals surface area contributed by atoms with Crippen molar-refractivity contribution in [2.45, 2.75) is 44.8 Å². The number of hydrogen-bond acceptors (Lipinski definition) is 4. The van der Waals surface area contributed by atoms with Gasteiger partial charge in [0.15, 0.2) is 0 Å². The molecule has 0 unspecified atom stereocenters. The van der Waals surface area contributed by atoms with E-state index in [2.05, 4.69) is 5.32 Å². The molecule has 1 fully saturated rings. The molecule has 0 heterocycles. The third kappa shape index (κ3) is 4.63. The van der Waals surface area contributed by atoms with Gasteiger partial charge in [0.05, 0.1) is 11.1 Å². The van der Waals surface area contributed by atoms with E-state index in [1.807, 2.05) is 30.3 Å². The Hall–Kier alpha value is -2.82. The number of carbonyl (C=O) groups excluding carboxylic acids is 2. The van der Waals surface area contributed by atoms with Gasteiger partial charge in [-0.1, -0.05) is 49.6 Å². The molecule has 1 amide bonds. The molecular weight excluding hydrogens is 328 g/mol. The summed E-state index contributed by atoms with van der Waals surface area (Å²) in [5.74, 6) is -0.927. The molecule has 5 heteroatoms. The predicted molar refractivity (Wildman–Crippen MR) is 101 cm³/mol. The quantitative estimate of drug-likeness (QED) is 0.773. The zero-order valence-electron chi connectivity index (χ0n) is 14.7. The van der Waals surface area contributed by atoms with Gasteiger partial charge in [-0.25, -0.2) is 4.79 Å². The second-order valence-corrected chi connectivity index (χ2v) is 6.67. The Kier molecular flexibility index (Phi) is 5.89. The van der Waals surface area contributed by atoms with Crippen molar-refractivity contribution < 1.29 is 14.3 Å². The maximum Gasteiger partial charge on any atom is 0.338 e. The van der Waals surface area contributed by atoms with Crippen LogP contribution >= 0.6 is 0 Å². The van der Waals surface area contributed by atoms with Crippen LogP contribution in [0.25, 0.3) is 0 Å². The van der Waals surface area contributed by atoms with Gasteiger partial charge < -0.3 is 15.8 Å². The molecule has 0 spiro atoms. The average molecular weight is 352 g/mol. The van der Waals surface area contributed by atoms with Gasteiger partial charge in [-0.15, -0.1) is 0 Å². The van der Waals surface area contributed by atoms with Crippen LogP contribution in [-0.4, -0.2) is 17.9 Å². The fourth-order valence-electron chi connectivity index (χ4n) is 3.28. The molecule has 1 aliphatic carbocycles. The molecule has 0 aromatic heterocycles. The summed E-state index contributed by atoms with van der Waals surface area (Å²) in [6, 6.07) is 14.7. The van der Waals surface area contributed by atoms with E-state index in [-0.39, 0.29) is 6.61 Å². The summed E-state index contributed by atoms with van der Waals surface area (Å²) in [6.07, 6.45) is 5.69. The summed E-state index contributed by atoms with van der Waals surface area (Å²) in [6.45, 7) is 0.211. The number of nitrogens with one attached hydrogen (secondary N) is 1. The monoisotopic (exact) mass is 352 g/mol. The van der Waals surface area contributed by atoms with E-state index in [9.17, 15) is 9.59 Å². The predicted octanol–water partition coefficient (Wildman–Crippen LogP) is 3.89. The van der Waals surface area contributed by atoms with Crippen molar-refractivity contribution in [3.8, 4) is 0 Å². The van der Waals surface area contributed by atoms with Gasteiger partial charge in [-0.05, 0) is 36.6 Å². The molecule has 5 nitrogen and oxygen atoms in total. The van der Waals surface area contributed by atoms with Crippen LogP contribution in [-0.2, 0) is 11.3 Å². The Morgan fingerprint density at radius 3 is 2.46 bits per heavy atom. The number of benzene rings is 2. The normalized spacial score (nSPS) is 14.6. The van der Waals surface area contributed by atoms with E-state index in [0.717, 1.165) is 18.4 Å². The molecule has 26 heavy (non-hydrogen) atoms. The highest BCUT2D eigenvalue weighted by Crippen LogP contribution is 2.25. The first kappa shape index (κ1) is 18.0.